The largest absolute Gasteiger partial charge is 0.464 e. The van der Waals surface area contributed by atoms with Crippen LogP contribution < -0.4 is 4.74 Å². The molecule has 6 unspecified atom stereocenters. The molecular formula is C17H17NO9. The topological polar surface area (TPSA) is 134 Å². The molecule has 2 aromatic rings. The first-order valence-corrected chi connectivity index (χ1v) is 8.26. The van der Waals surface area contributed by atoms with Crippen molar-refractivity contribution in [3.63, 3.8) is 0 Å². The van der Waals surface area contributed by atoms with Crippen molar-refractivity contribution in [2.45, 2.75) is 37.0 Å². The zero-order valence-corrected chi connectivity index (χ0v) is 13.9. The van der Waals surface area contributed by atoms with Crippen molar-refractivity contribution in [1.82, 2.24) is 0 Å². The van der Waals surface area contributed by atoms with E-state index in [-0.39, 0.29) is 18.0 Å². The lowest BCUT2D eigenvalue weighted by Gasteiger charge is -2.45. The Morgan fingerprint density at radius 1 is 1.11 bits per heavy atom. The minimum atomic E-state index is -1.48. The van der Waals surface area contributed by atoms with Gasteiger partial charge in [-0.15, -0.1) is 0 Å². The highest BCUT2D eigenvalue weighted by Gasteiger charge is 2.50. The minimum Gasteiger partial charge on any atom is -0.464 e. The lowest BCUT2D eigenvalue weighted by Crippen LogP contribution is -2.62. The first-order chi connectivity index (χ1) is 13.0. The highest BCUT2D eigenvalue weighted by molar-refractivity contribution is 5.45. The van der Waals surface area contributed by atoms with E-state index < -0.39 is 41.9 Å². The molecule has 2 aliphatic heterocycles. The van der Waals surface area contributed by atoms with E-state index in [1.54, 1.807) is 18.2 Å². The summed E-state index contributed by atoms with van der Waals surface area (Å²) in [6.45, 7) is 0.0521. The molecule has 0 bridgehead atoms. The summed E-state index contributed by atoms with van der Waals surface area (Å²) < 4.78 is 27.5. The average Bonchev–Trinajstić information content (AvgIpc) is 3.21. The van der Waals surface area contributed by atoms with Crippen LogP contribution in [0.3, 0.4) is 0 Å². The van der Waals surface area contributed by atoms with Crippen LogP contribution in [0.4, 0.5) is 5.69 Å². The number of hydrogen-bond donors (Lipinski definition) is 2. The van der Waals surface area contributed by atoms with Crippen molar-refractivity contribution in [3.8, 4) is 5.75 Å². The Labute approximate surface area is 153 Å². The van der Waals surface area contributed by atoms with E-state index in [0.717, 1.165) is 0 Å². The summed E-state index contributed by atoms with van der Waals surface area (Å²) in [4.78, 5) is 10.5. The highest BCUT2D eigenvalue weighted by Crippen LogP contribution is 2.36. The average molecular weight is 379 g/mol. The lowest BCUT2D eigenvalue weighted by molar-refractivity contribution is -0.388. The Hall–Kier alpha value is -2.50. The SMILES string of the molecule is O=[N+]([O-])c1ccccc1OC1OC2COC(c3ccco3)OC2C(O)C1O. The molecule has 10 heteroatoms. The van der Waals surface area contributed by atoms with Gasteiger partial charge in [0.15, 0.2) is 11.5 Å². The van der Waals surface area contributed by atoms with E-state index in [0.29, 0.717) is 5.76 Å². The molecule has 6 atom stereocenters. The maximum Gasteiger partial charge on any atom is 0.311 e. The fraction of sp³-hybridized carbons (Fsp3) is 0.412. The van der Waals surface area contributed by atoms with Gasteiger partial charge in [-0.3, -0.25) is 10.1 Å². The third-order valence-electron chi connectivity index (χ3n) is 4.41. The first kappa shape index (κ1) is 17.9. The molecule has 0 amide bonds. The Balaban J connectivity index is 1.49. The van der Waals surface area contributed by atoms with E-state index >= 15 is 0 Å². The minimum absolute atomic E-state index is 0.0521. The first-order valence-electron chi connectivity index (χ1n) is 8.26. The normalized spacial score (nSPS) is 33.3. The molecule has 1 aromatic carbocycles. The predicted octanol–water partition coefficient (Wildman–Crippen LogP) is 1.13. The maximum absolute atomic E-state index is 11.1. The second kappa shape index (κ2) is 7.25. The summed E-state index contributed by atoms with van der Waals surface area (Å²) in [6.07, 6.45) is -5.14. The van der Waals surface area contributed by atoms with Crippen LogP contribution in [0.2, 0.25) is 0 Å². The van der Waals surface area contributed by atoms with Gasteiger partial charge >= 0.3 is 5.69 Å². The molecule has 10 nitrogen and oxygen atoms in total. The lowest BCUT2D eigenvalue weighted by atomic mass is 9.98. The summed E-state index contributed by atoms with van der Waals surface area (Å²) in [5, 5.41) is 31.9. The zero-order valence-electron chi connectivity index (χ0n) is 13.9. The number of rotatable bonds is 4. The molecule has 2 N–H and O–H groups in total. The highest BCUT2D eigenvalue weighted by atomic mass is 16.8. The van der Waals surface area contributed by atoms with E-state index in [2.05, 4.69) is 0 Å². The Morgan fingerprint density at radius 2 is 1.93 bits per heavy atom. The van der Waals surface area contributed by atoms with E-state index in [4.69, 9.17) is 23.4 Å². The van der Waals surface area contributed by atoms with Crippen LogP contribution in [-0.4, -0.2) is 52.4 Å². The Morgan fingerprint density at radius 3 is 2.67 bits per heavy atom. The van der Waals surface area contributed by atoms with Gasteiger partial charge < -0.3 is 33.6 Å². The molecular weight excluding hydrogens is 362 g/mol. The predicted molar refractivity (Wildman–Crippen MR) is 86.7 cm³/mol. The van der Waals surface area contributed by atoms with E-state index in [1.165, 1.54) is 24.5 Å². The molecule has 2 saturated heterocycles. The smallest absolute Gasteiger partial charge is 0.311 e. The molecule has 0 radical (unpaired) electrons. The van der Waals surface area contributed by atoms with Crippen molar-refractivity contribution in [2.24, 2.45) is 0 Å². The van der Waals surface area contributed by atoms with Crippen molar-refractivity contribution >= 4 is 5.69 Å². The number of aliphatic hydroxyl groups excluding tert-OH is 2. The van der Waals surface area contributed by atoms with Gasteiger partial charge in [-0.1, -0.05) is 12.1 Å². The molecule has 0 aliphatic carbocycles. The Bertz CT molecular complexity index is 793. The van der Waals surface area contributed by atoms with Gasteiger partial charge in [-0.25, -0.2) is 0 Å². The number of nitro benzene ring substituents is 1. The number of para-hydroxylation sites is 2. The summed E-state index contributed by atoms with van der Waals surface area (Å²) in [6, 6.07) is 9.03. The molecule has 0 spiro atoms. The van der Waals surface area contributed by atoms with Gasteiger partial charge in [0, 0.05) is 6.07 Å². The number of aliphatic hydroxyl groups is 2. The van der Waals surface area contributed by atoms with E-state index in [1.807, 2.05) is 0 Å². The number of nitro groups is 1. The molecule has 4 rings (SSSR count). The fourth-order valence-corrected chi connectivity index (χ4v) is 3.08. The molecule has 144 valence electrons. The van der Waals surface area contributed by atoms with Crippen LogP contribution >= 0.6 is 0 Å². The van der Waals surface area contributed by atoms with Gasteiger partial charge in [0.05, 0.1) is 17.8 Å². The van der Waals surface area contributed by atoms with E-state index in [9.17, 15) is 20.3 Å². The Kier molecular flexibility index (Phi) is 4.81. The van der Waals surface area contributed by atoms with Crippen LogP contribution in [0.5, 0.6) is 5.75 Å². The van der Waals surface area contributed by atoms with Crippen LogP contribution in [0.15, 0.2) is 47.1 Å². The van der Waals surface area contributed by atoms with Gasteiger partial charge in [-0.05, 0) is 18.2 Å². The van der Waals surface area contributed by atoms with Crippen molar-refractivity contribution in [2.75, 3.05) is 6.61 Å². The number of hydrogen-bond acceptors (Lipinski definition) is 9. The standard InChI is InChI=1S/C17H17NO9/c19-13-14(20)17(25-10-5-2-1-4-9(10)18(21)22)26-12-8-24-16(27-15(12)13)11-6-3-7-23-11/h1-7,12-17,19-20H,8H2. The number of benzene rings is 1. The number of fused-ring (bicyclic) bond motifs is 1. The van der Waals surface area contributed by atoms with Crippen molar-refractivity contribution in [3.05, 3.63) is 58.5 Å². The van der Waals surface area contributed by atoms with Crippen LogP contribution in [0.1, 0.15) is 12.1 Å². The summed E-state index contributed by atoms with van der Waals surface area (Å²) >= 11 is 0. The molecule has 2 fully saturated rings. The fourth-order valence-electron chi connectivity index (χ4n) is 3.08. The van der Waals surface area contributed by atoms with Crippen molar-refractivity contribution in [1.29, 1.82) is 0 Å². The molecule has 0 saturated carbocycles. The third-order valence-corrected chi connectivity index (χ3v) is 4.41. The van der Waals surface area contributed by atoms with Gasteiger partial charge in [0.1, 0.15) is 24.4 Å². The molecule has 1 aromatic heterocycles. The molecule has 3 heterocycles. The summed E-state index contributed by atoms with van der Waals surface area (Å²) in [7, 11) is 0. The van der Waals surface area contributed by atoms with Crippen molar-refractivity contribution < 1.29 is 38.5 Å². The monoisotopic (exact) mass is 379 g/mol. The van der Waals surface area contributed by atoms with Crippen LogP contribution in [-0.2, 0) is 14.2 Å². The summed E-state index contributed by atoms with van der Waals surface area (Å²) in [5.74, 6) is 0.344. The zero-order chi connectivity index (χ0) is 19.0. The third kappa shape index (κ3) is 3.40. The van der Waals surface area contributed by atoms with Gasteiger partial charge in [0.2, 0.25) is 12.6 Å². The number of ether oxygens (including phenoxy) is 4. The summed E-state index contributed by atoms with van der Waals surface area (Å²) in [5.41, 5.74) is -0.279. The maximum atomic E-state index is 11.1. The quantitative estimate of drug-likeness (QED) is 0.592. The van der Waals surface area contributed by atoms with Gasteiger partial charge in [0.25, 0.3) is 0 Å². The number of furan rings is 1. The van der Waals surface area contributed by atoms with Crippen LogP contribution in [0, 0.1) is 10.1 Å². The molecule has 2 aliphatic rings. The van der Waals surface area contributed by atoms with Crippen LogP contribution in [0.25, 0.3) is 0 Å². The second-order valence-corrected chi connectivity index (χ2v) is 6.15. The van der Waals surface area contributed by atoms with Gasteiger partial charge in [-0.2, -0.15) is 0 Å². The second-order valence-electron chi connectivity index (χ2n) is 6.15. The number of nitrogens with zero attached hydrogens (tertiary/aromatic N) is 1. The molecule has 27 heavy (non-hydrogen) atoms.